The number of hydrogen-bond acceptors (Lipinski definition) is 3. The predicted molar refractivity (Wildman–Crippen MR) is 61.6 cm³/mol. The third-order valence-electron chi connectivity index (χ3n) is 2.18. The number of amides is 1. The quantitative estimate of drug-likeness (QED) is 0.634. The van der Waals surface area contributed by atoms with Crippen LogP contribution in [-0.2, 0) is 4.79 Å². The smallest absolute Gasteiger partial charge is 0.236 e. The van der Waals surface area contributed by atoms with E-state index in [0.29, 0.717) is 17.4 Å². The van der Waals surface area contributed by atoms with Gasteiger partial charge < -0.3 is 4.90 Å². The Morgan fingerprint density at radius 3 is 3.00 bits per heavy atom. The minimum Gasteiger partial charge on any atom is -0.307 e. The SMILES string of the molecule is O=C1CC(S)CN1c1cc(Br)cnc1F. The number of aromatic nitrogens is 1. The summed E-state index contributed by atoms with van der Waals surface area (Å²) in [7, 11) is 0. The summed E-state index contributed by atoms with van der Waals surface area (Å²) in [5, 5.41) is -0.0316. The lowest BCUT2D eigenvalue weighted by Crippen LogP contribution is -2.26. The van der Waals surface area contributed by atoms with E-state index >= 15 is 0 Å². The van der Waals surface area contributed by atoms with Crippen molar-refractivity contribution >= 4 is 40.2 Å². The van der Waals surface area contributed by atoms with Gasteiger partial charge in [-0.15, -0.1) is 0 Å². The molecule has 0 bridgehead atoms. The Kier molecular flexibility index (Phi) is 2.97. The highest BCUT2D eigenvalue weighted by atomic mass is 79.9. The van der Waals surface area contributed by atoms with Crippen LogP contribution in [0.2, 0.25) is 0 Å². The van der Waals surface area contributed by atoms with E-state index in [1.807, 2.05) is 0 Å². The molecular weight excluding hydrogens is 283 g/mol. The van der Waals surface area contributed by atoms with Gasteiger partial charge in [0.05, 0.1) is 0 Å². The zero-order chi connectivity index (χ0) is 11.0. The van der Waals surface area contributed by atoms with Crippen LogP contribution in [0.1, 0.15) is 6.42 Å². The Morgan fingerprint density at radius 2 is 2.40 bits per heavy atom. The van der Waals surface area contributed by atoms with Gasteiger partial charge in [0.2, 0.25) is 11.9 Å². The molecule has 1 aromatic heterocycles. The van der Waals surface area contributed by atoms with Gasteiger partial charge in [0.15, 0.2) is 0 Å². The number of anilines is 1. The lowest BCUT2D eigenvalue weighted by molar-refractivity contribution is -0.117. The maximum atomic E-state index is 13.4. The Labute approximate surface area is 100 Å². The summed E-state index contributed by atoms with van der Waals surface area (Å²) in [5.74, 6) is -0.747. The van der Waals surface area contributed by atoms with Crippen LogP contribution < -0.4 is 4.90 Å². The molecule has 1 fully saturated rings. The molecule has 1 saturated heterocycles. The fourth-order valence-corrected chi connectivity index (χ4v) is 2.16. The third kappa shape index (κ3) is 2.15. The topological polar surface area (TPSA) is 33.2 Å². The summed E-state index contributed by atoms with van der Waals surface area (Å²) in [6.45, 7) is 0.428. The van der Waals surface area contributed by atoms with Crippen molar-refractivity contribution in [3.63, 3.8) is 0 Å². The van der Waals surface area contributed by atoms with E-state index in [1.54, 1.807) is 6.07 Å². The molecule has 0 saturated carbocycles. The fraction of sp³-hybridized carbons (Fsp3) is 0.333. The standard InChI is InChI=1S/C9H8BrFN2OS/c10-5-1-7(9(11)12-3-5)13-4-6(15)2-8(13)14/h1,3,6,15H,2,4H2. The first-order valence-corrected chi connectivity index (χ1v) is 5.68. The van der Waals surface area contributed by atoms with Crippen molar-refractivity contribution in [1.29, 1.82) is 0 Å². The van der Waals surface area contributed by atoms with Crippen molar-refractivity contribution in [1.82, 2.24) is 4.98 Å². The second kappa shape index (κ2) is 4.09. The maximum Gasteiger partial charge on any atom is 0.236 e. The molecule has 3 nitrogen and oxygen atoms in total. The Balaban J connectivity index is 2.37. The number of halogens is 2. The lowest BCUT2D eigenvalue weighted by atomic mass is 10.3. The second-order valence-electron chi connectivity index (χ2n) is 3.33. The number of carbonyl (C=O) groups is 1. The molecule has 0 radical (unpaired) electrons. The maximum absolute atomic E-state index is 13.4. The molecule has 1 atom stereocenters. The van der Waals surface area contributed by atoms with Gasteiger partial charge in [-0.2, -0.15) is 17.0 Å². The van der Waals surface area contributed by atoms with Gasteiger partial charge in [0.25, 0.3) is 0 Å². The van der Waals surface area contributed by atoms with E-state index in [1.165, 1.54) is 11.1 Å². The van der Waals surface area contributed by atoms with Crippen LogP contribution in [0, 0.1) is 5.95 Å². The molecule has 0 aromatic carbocycles. The molecule has 80 valence electrons. The van der Waals surface area contributed by atoms with E-state index in [9.17, 15) is 9.18 Å². The van der Waals surface area contributed by atoms with Gasteiger partial charge >= 0.3 is 0 Å². The monoisotopic (exact) mass is 290 g/mol. The van der Waals surface area contributed by atoms with Gasteiger partial charge in [-0.1, -0.05) is 0 Å². The van der Waals surface area contributed by atoms with Crippen molar-refractivity contribution < 1.29 is 9.18 Å². The molecule has 15 heavy (non-hydrogen) atoms. The van der Waals surface area contributed by atoms with Crippen LogP contribution in [0.3, 0.4) is 0 Å². The van der Waals surface area contributed by atoms with Crippen molar-refractivity contribution in [3.8, 4) is 0 Å². The van der Waals surface area contributed by atoms with Gasteiger partial charge in [-0.05, 0) is 22.0 Å². The summed E-state index contributed by atoms with van der Waals surface area (Å²) in [4.78, 5) is 16.4. The summed E-state index contributed by atoms with van der Waals surface area (Å²) in [5.41, 5.74) is 0.214. The minimum absolute atomic E-state index is 0.0316. The van der Waals surface area contributed by atoms with E-state index in [4.69, 9.17) is 0 Å². The summed E-state index contributed by atoms with van der Waals surface area (Å²) >= 11 is 7.40. The average molecular weight is 291 g/mol. The molecule has 1 aromatic rings. The van der Waals surface area contributed by atoms with Crippen LogP contribution in [0.5, 0.6) is 0 Å². The number of hydrogen-bond donors (Lipinski definition) is 1. The average Bonchev–Trinajstić information content (AvgIpc) is 2.50. The Hall–Kier alpha value is -0.620. The van der Waals surface area contributed by atoms with Gasteiger partial charge in [-0.3, -0.25) is 4.79 Å². The molecule has 1 unspecified atom stereocenters. The number of nitrogens with zero attached hydrogens (tertiary/aromatic N) is 2. The highest BCUT2D eigenvalue weighted by Gasteiger charge is 2.30. The Morgan fingerprint density at radius 1 is 1.67 bits per heavy atom. The third-order valence-corrected chi connectivity index (χ3v) is 2.96. The number of carbonyl (C=O) groups excluding carboxylic acids is 1. The molecule has 0 aliphatic carbocycles. The highest BCUT2D eigenvalue weighted by molar-refractivity contribution is 9.10. The van der Waals surface area contributed by atoms with Gasteiger partial charge in [0, 0.05) is 28.9 Å². The molecule has 0 N–H and O–H groups in total. The van der Waals surface area contributed by atoms with E-state index in [2.05, 4.69) is 33.5 Å². The van der Waals surface area contributed by atoms with Crippen LogP contribution in [0.4, 0.5) is 10.1 Å². The molecule has 1 aliphatic rings. The zero-order valence-electron chi connectivity index (χ0n) is 7.65. The first kappa shape index (κ1) is 10.9. The first-order valence-electron chi connectivity index (χ1n) is 4.37. The van der Waals surface area contributed by atoms with E-state index in [0.717, 1.165) is 0 Å². The van der Waals surface area contributed by atoms with E-state index in [-0.39, 0.29) is 16.8 Å². The van der Waals surface area contributed by atoms with Crippen molar-refractivity contribution in [2.45, 2.75) is 11.7 Å². The van der Waals surface area contributed by atoms with Crippen LogP contribution in [0.25, 0.3) is 0 Å². The van der Waals surface area contributed by atoms with Crippen molar-refractivity contribution in [2.75, 3.05) is 11.4 Å². The molecule has 1 aliphatic heterocycles. The lowest BCUT2D eigenvalue weighted by Gasteiger charge is -2.16. The molecule has 2 rings (SSSR count). The molecule has 0 spiro atoms. The molecule has 1 amide bonds. The number of pyridine rings is 1. The second-order valence-corrected chi connectivity index (χ2v) is 4.97. The van der Waals surface area contributed by atoms with Crippen LogP contribution >= 0.6 is 28.6 Å². The van der Waals surface area contributed by atoms with Crippen molar-refractivity contribution in [3.05, 3.63) is 22.7 Å². The molecular formula is C9H8BrFN2OS. The number of thiol groups is 1. The largest absolute Gasteiger partial charge is 0.307 e. The highest BCUT2D eigenvalue weighted by Crippen LogP contribution is 2.27. The molecule has 2 heterocycles. The minimum atomic E-state index is -0.631. The van der Waals surface area contributed by atoms with Gasteiger partial charge in [-0.25, -0.2) is 4.98 Å². The van der Waals surface area contributed by atoms with Gasteiger partial charge in [0.1, 0.15) is 5.69 Å². The summed E-state index contributed by atoms with van der Waals surface area (Å²) < 4.78 is 14.0. The van der Waals surface area contributed by atoms with Crippen LogP contribution in [-0.4, -0.2) is 22.7 Å². The fourth-order valence-electron chi connectivity index (χ4n) is 1.52. The normalized spacial score (nSPS) is 21.1. The zero-order valence-corrected chi connectivity index (χ0v) is 10.1. The number of rotatable bonds is 1. The van der Waals surface area contributed by atoms with E-state index < -0.39 is 5.95 Å². The summed E-state index contributed by atoms with van der Waals surface area (Å²) in [6.07, 6.45) is 1.70. The Bertz CT molecular complexity index is 415. The summed E-state index contributed by atoms with van der Waals surface area (Å²) in [6, 6.07) is 1.55. The first-order chi connectivity index (χ1) is 7.08. The predicted octanol–water partition coefficient (Wildman–Crippen LogP) is 2.02. The van der Waals surface area contributed by atoms with Crippen LogP contribution in [0.15, 0.2) is 16.7 Å². The molecule has 6 heteroatoms. The van der Waals surface area contributed by atoms with Crippen molar-refractivity contribution in [2.24, 2.45) is 0 Å².